The molecule has 1 aromatic heterocycles. The van der Waals surface area contributed by atoms with Crippen molar-refractivity contribution in [1.29, 1.82) is 0 Å². The molecule has 0 spiro atoms. The van der Waals surface area contributed by atoms with Crippen molar-refractivity contribution in [3.05, 3.63) is 64.1 Å². The normalized spacial score (nSPS) is 26.7. The molecule has 2 fully saturated rings. The maximum absolute atomic E-state index is 13.2. The molecule has 6 heteroatoms. The third-order valence-electron chi connectivity index (χ3n) is 6.67. The van der Waals surface area contributed by atoms with Gasteiger partial charge in [0.15, 0.2) is 0 Å². The molecular weight excluding hydrogens is 366 g/mol. The Balaban J connectivity index is 1.39. The molecule has 1 aromatic carbocycles. The van der Waals surface area contributed by atoms with E-state index < -0.39 is 6.04 Å². The first-order valence-electron chi connectivity index (χ1n) is 10.4. The zero-order valence-corrected chi connectivity index (χ0v) is 16.6. The highest BCUT2D eigenvalue weighted by molar-refractivity contribution is 6.22. The van der Waals surface area contributed by atoms with Crippen molar-refractivity contribution in [2.45, 2.75) is 44.7 Å². The highest BCUT2D eigenvalue weighted by atomic mass is 16.2. The molecule has 2 bridgehead atoms. The number of aryl methyl sites for hydroxylation is 1. The van der Waals surface area contributed by atoms with Gasteiger partial charge < -0.3 is 4.57 Å². The van der Waals surface area contributed by atoms with Crippen LogP contribution in [0.1, 0.15) is 36.9 Å². The summed E-state index contributed by atoms with van der Waals surface area (Å²) in [7, 11) is 0. The van der Waals surface area contributed by atoms with E-state index >= 15 is 0 Å². The summed E-state index contributed by atoms with van der Waals surface area (Å²) < 4.78 is 1.89. The average Bonchev–Trinajstić information content (AvgIpc) is 3.03. The Hall–Kier alpha value is -2.73. The third kappa shape index (κ3) is 3.02. The summed E-state index contributed by atoms with van der Waals surface area (Å²) >= 11 is 0. The van der Waals surface area contributed by atoms with Crippen molar-refractivity contribution < 1.29 is 9.59 Å². The molecule has 2 aromatic rings. The highest BCUT2D eigenvalue weighted by Crippen LogP contribution is 2.37. The molecule has 2 amide bonds. The van der Waals surface area contributed by atoms with Crippen LogP contribution in [0.25, 0.3) is 0 Å². The number of hydrogen-bond donors (Lipinski definition) is 0. The SMILES string of the molecule is CCc1ccc(N2C(=O)C[C@H](N3C[C@H]4C[C@@H](C3)c3cccc(=O)n3C4)C2=O)cc1. The van der Waals surface area contributed by atoms with Crippen LogP contribution < -0.4 is 10.5 Å². The first-order chi connectivity index (χ1) is 14.0. The number of anilines is 1. The summed E-state index contributed by atoms with van der Waals surface area (Å²) in [5.41, 5.74) is 2.96. The number of imide groups is 1. The number of fused-ring (bicyclic) bond motifs is 4. The number of carbonyl (C=O) groups is 2. The number of aromatic nitrogens is 1. The molecule has 3 aliphatic heterocycles. The number of carbonyl (C=O) groups excluding carboxylic acids is 2. The Morgan fingerprint density at radius 1 is 0.966 bits per heavy atom. The Kier molecular flexibility index (Phi) is 4.39. The molecule has 0 aliphatic carbocycles. The molecule has 0 unspecified atom stereocenters. The quantitative estimate of drug-likeness (QED) is 0.753. The van der Waals surface area contributed by atoms with Gasteiger partial charge in [0.1, 0.15) is 0 Å². The second kappa shape index (κ2) is 6.95. The fourth-order valence-electron chi connectivity index (χ4n) is 5.24. The van der Waals surface area contributed by atoms with Crippen molar-refractivity contribution >= 4 is 17.5 Å². The number of pyridine rings is 1. The van der Waals surface area contributed by atoms with Crippen LogP contribution in [-0.2, 0) is 22.6 Å². The summed E-state index contributed by atoms with van der Waals surface area (Å²) in [5, 5.41) is 0. The second-order valence-electron chi connectivity index (χ2n) is 8.46. The van der Waals surface area contributed by atoms with Crippen molar-refractivity contribution in [3.63, 3.8) is 0 Å². The fourth-order valence-corrected chi connectivity index (χ4v) is 5.24. The van der Waals surface area contributed by atoms with E-state index in [9.17, 15) is 14.4 Å². The second-order valence-corrected chi connectivity index (χ2v) is 8.46. The molecule has 0 N–H and O–H groups in total. The largest absolute Gasteiger partial charge is 0.312 e. The molecule has 3 aliphatic rings. The van der Waals surface area contributed by atoms with Gasteiger partial charge in [0, 0.05) is 37.3 Å². The van der Waals surface area contributed by atoms with Crippen molar-refractivity contribution in [2.75, 3.05) is 18.0 Å². The maximum atomic E-state index is 13.2. The van der Waals surface area contributed by atoms with Crippen molar-refractivity contribution in [1.82, 2.24) is 9.47 Å². The molecule has 4 heterocycles. The van der Waals surface area contributed by atoms with E-state index in [2.05, 4.69) is 11.8 Å². The minimum absolute atomic E-state index is 0.0551. The van der Waals surface area contributed by atoms with Crippen LogP contribution >= 0.6 is 0 Å². The fraction of sp³-hybridized carbons (Fsp3) is 0.435. The van der Waals surface area contributed by atoms with Crippen LogP contribution in [0.3, 0.4) is 0 Å². The lowest BCUT2D eigenvalue weighted by Crippen LogP contribution is -2.52. The first-order valence-corrected chi connectivity index (χ1v) is 10.4. The van der Waals surface area contributed by atoms with Gasteiger partial charge in [-0.3, -0.25) is 19.3 Å². The minimum atomic E-state index is -0.402. The summed E-state index contributed by atoms with van der Waals surface area (Å²) in [5.74, 6) is 0.320. The van der Waals surface area contributed by atoms with E-state index in [4.69, 9.17) is 0 Å². The monoisotopic (exact) mass is 391 g/mol. The van der Waals surface area contributed by atoms with Gasteiger partial charge in [-0.25, -0.2) is 4.90 Å². The lowest BCUT2D eigenvalue weighted by molar-refractivity contribution is -0.123. The maximum Gasteiger partial charge on any atom is 0.251 e. The number of nitrogens with zero attached hydrogens (tertiary/aromatic N) is 3. The number of hydrogen-bond acceptors (Lipinski definition) is 4. The Labute approximate surface area is 169 Å². The average molecular weight is 391 g/mol. The summed E-state index contributed by atoms with van der Waals surface area (Å²) in [6.07, 6.45) is 2.19. The van der Waals surface area contributed by atoms with Crippen LogP contribution in [0.5, 0.6) is 0 Å². The van der Waals surface area contributed by atoms with Gasteiger partial charge in [0.05, 0.1) is 18.2 Å². The van der Waals surface area contributed by atoms with Gasteiger partial charge in [-0.05, 0) is 42.5 Å². The van der Waals surface area contributed by atoms with Gasteiger partial charge in [0.25, 0.3) is 11.5 Å². The number of rotatable bonds is 3. The molecule has 0 radical (unpaired) electrons. The highest BCUT2D eigenvalue weighted by Gasteiger charge is 2.46. The minimum Gasteiger partial charge on any atom is -0.312 e. The van der Waals surface area contributed by atoms with Gasteiger partial charge in [0.2, 0.25) is 5.91 Å². The van der Waals surface area contributed by atoms with Gasteiger partial charge in [-0.1, -0.05) is 25.1 Å². The summed E-state index contributed by atoms with van der Waals surface area (Å²) in [6, 6.07) is 12.7. The smallest absolute Gasteiger partial charge is 0.251 e. The van der Waals surface area contributed by atoms with Gasteiger partial charge >= 0.3 is 0 Å². The zero-order chi connectivity index (χ0) is 20.1. The summed E-state index contributed by atoms with van der Waals surface area (Å²) in [6.45, 7) is 4.24. The molecule has 29 heavy (non-hydrogen) atoms. The van der Waals surface area contributed by atoms with Crippen LogP contribution in [0.15, 0.2) is 47.3 Å². The molecule has 150 valence electrons. The van der Waals surface area contributed by atoms with Gasteiger partial charge in [-0.15, -0.1) is 0 Å². The lowest BCUT2D eigenvalue weighted by atomic mass is 9.82. The Bertz CT molecular complexity index is 1030. The molecule has 2 saturated heterocycles. The topological polar surface area (TPSA) is 62.6 Å². The lowest BCUT2D eigenvalue weighted by Gasteiger charge is -2.44. The predicted molar refractivity (Wildman–Crippen MR) is 110 cm³/mol. The van der Waals surface area contributed by atoms with E-state index in [0.29, 0.717) is 24.7 Å². The number of amides is 2. The zero-order valence-electron chi connectivity index (χ0n) is 16.6. The Morgan fingerprint density at radius 3 is 2.52 bits per heavy atom. The van der Waals surface area contributed by atoms with E-state index in [1.165, 1.54) is 10.5 Å². The van der Waals surface area contributed by atoms with Crippen molar-refractivity contribution in [2.24, 2.45) is 5.92 Å². The van der Waals surface area contributed by atoms with Crippen LogP contribution in [0.4, 0.5) is 5.69 Å². The van der Waals surface area contributed by atoms with E-state index in [1.807, 2.05) is 41.0 Å². The Morgan fingerprint density at radius 2 is 1.76 bits per heavy atom. The number of benzene rings is 1. The van der Waals surface area contributed by atoms with Crippen molar-refractivity contribution in [3.8, 4) is 0 Å². The standard InChI is InChI=1S/C23H25N3O3/c1-2-15-6-8-18(9-7-15)26-22(28)11-20(23(26)29)24-12-16-10-17(14-24)19-4-3-5-21(27)25(19)13-16/h3-9,16-17,20H,2,10-14H2,1H3/t16-,17+,20+/m1/s1. The van der Waals surface area contributed by atoms with E-state index in [0.717, 1.165) is 25.1 Å². The number of likely N-dealkylation sites (tertiary alicyclic amines) is 1. The third-order valence-corrected chi connectivity index (χ3v) is 6.67. The van der Waals surface area contributed by atoms with Crippen LogP contribution in [0.2, 0.25) is 0 Å². The molecule has 0 saturated carbocycles. The molecule has 5 rings (SSSR count). The van der Waals surface area contributed by atoms with Gasteiger partial charge in [-0.2, -0.15) is 0 Å². The molecule has 6 nitrogen and oxygen atoms in total. The number of piperidine rings is 1. The van der Waals surface area contributed by atoms with E-state index in [-0.39, 0.29) is 29.7 Å². The van der Waals surface area contributed by atoms with E-state index in [1.54, 1.807) is 6.07 Å². The van der Waals surface area contributed by atoms with Crippen LogP contribution in [-0.4, -0.2) is 40.4 Å². The predicted octanol–water partition coefficient (Wildman–Crippen LogP) is 2.16. The van der Waals surface area contributed by atoms with Crippen LogP contribution in [0, 0.1) is 5.92 Å². The first kappa shape index (κ1) is 18.3. The molecule has 3 atom stereocenters. The summed E-state index contributed by atoms with van der Waals surface area (Å²) in [4.78, 5) is 41.7. The molecular formula is C23H25N3O3.